The molecule has 0 aliphatic carbocycles. The lowest BCUT2D eigenvalue weighted by Gasteiger charge is -2.09. The fourth-order valence-electron chi connectivity index (χ4n) is 3.10. The van der Waals surface area contributed by atoms with Crippen LogP contribution in [0, 0.1) is 0 Å². The first-order chi connectivity index (χ1) is 14.4. The fraction of sp³-hybridized carbons (Fsp3) is 0.300. The van der Waals surface area contributed by atoms with Crippen LogP contribution in [0.1, 0.15) is 36.0 Å². The van der Waals surface area contributed by atoms with Crippen molar-refractivity contribution in [3.05, 3.63) is 68.8 Å². The van der Waals surface area contributed by atoms with Crippen molar-refractivity contribution in [2.45, 2.75) is 38.9 Å². The molecule has 0 aliphatic rings. The normalized spacial score (nSPS) is 12.0. The summed E-state index contributed by atoms with van der Waals surface area (Å²) in [7, 11) is 0. The fourth-order valence-corrected chi connectivity index (χ4v) is 3.93. The molecule has 1 aromatic carbocycles. The van der Waals surface area contributed by atoms with Crippen molar-refractivity contribution >= 4 is 22.4 Å². The maximum atomic E-state index is 13.0. The number of thiazole rings is 1. The van der Waals surface area contributed by atoms with Gasteiger partial charge in [-0.05, 0) is 31.0 Å². The van der Waals surface area contributed by atoms with Gasteiger partial charge in [0.15, 0.2) is 5.65 Å². The van der Waals surface area contributed by atoms with Gasteiger partial charge in [0.05, 0.1) is 34.7 Å². The van der Waals surface area contributed by atoms with E-state index in [-0.39, 0.29) is 28.8 Å². The number of hydrogen-bond donors (Lipinski definition) is 0. The van der Waals surface area contributed by atoms with E-state index in [1.807, 2.05) is 5.38 Å². The Kier molecular flexibility index (Phi) is 5.42. The van der Waals surface area contributed by atoms with Gasteiger partial charge in [-0.25, -0.2) is 14.6 Å². The van der Waals surface area contributed by atoms with E-state index in [9.17, 15) is 18.0 Å². The molecule has 30 heavy (non-hydrogen) atoms. The minimum atomic E-state index is -4.47. The third-order valence-electron chi connectivity index (χ3n) is 4.65. The molecule has 0 atom stereocenters. The van der Waals surface area contributed by atoms with Crippen LogP contribution < -0.4 is 5.56 Å². The average Bonchev–Trinajstić information content (AvgIpc) is 3.35. The summed E-state index contributed by atoms with van der Waals surface area (Å²) in [5.74, 6) is 0. The SMILES string of the molecule is CCCCc1nc(Cn2cnc3c(cnn3-c3cccc(C(F)(F)F)c3)c2=O)cs1. The van der Waals surface area contributed by atoms with Gasteiger partial charge in [0, 0.05) is 5.38 Å². The van der Waals surface area contributed by atoms with Gasteiger partial charge < -0.3 is 0 Å². The second-order valence-corrected chi connectivity index (χ2v) is 7.80. The number of halogens is 3. The molecule has 10 heteroatoms. The number of aryl methyl sites for hydroxylation is 1. The number of nitrogens with zero attached hydrogens (tertiary/aromatic N) is 5. The molecule has 3 heterocycles. The second-order valence-electron chi connectivity index (χ2n) is 6.86. The van der Waals surface area contributed by atoms with Gasteiger partial charge in [-0.3, -0.25) is 9.36 Å². The van der Waals surface area contributed by atoms with Gasteiger partial charge in [-0.1, -0.05) is 19.4 Å². The van der Waals surface area contributed by atoms with Crippen LogP contribution in [0.5, 0.6) is 0 Å². The summed E-state index contributed by atoms with van der Waals surface area (Å²) in [6.07, 6.45) is 1.30. The summed E-state index contributed by atoms with van der Waals surface area (Å²) in [6.45, 7) is 2.40. The first-order valence-corrected chi connectivity index (χ1v) is 10.3. The van der Waals surface area contributed by atoms with Crippen LogP contribution >= 0.6 is 11.3 Å². The monoisotopic (exact) mass is 433 g/mol. The van der Waals surface area contributed by atoms with Crippen molar-refractivity contribution in [1.82, 2.24) is 24.3 Å². The standard InChI is InChI=1S/C20H18F3N5OS/c1-2-3-7-17-26-14(11-30-17)10-27-12-24-18-16(19(27)29)9-25-28(18)15-6-4-5-13(8-15)20(21,22)23/h4-6,8-9,11-12H,2-3,7,10H2,1H3. The molecule has 0 N–H and O–H groups in total. The Hall–Kier alpha value is -3.01. The van der Waals surface area contributed by atoms with Gasteiger partial charge >= 0.3 is 6.18 Å². The van der Waals surface area contributed by atoms with Crippen LogP contribution in [0.3, 0.4) is 0 Å². The third-order valence-corrected chi connectivity index (χ3v) is 5.61. The van der Waals surface area contributed by atoms with Crippen molar-refractivity contribution in [3.8, 4) is 5.69 Å². The van der Waals surface area contributed by atoms with Crippen molar-refractivity contribution in [2.75, 3.05) is 0 Å². The number of aromatic nitrogens is 5. The van der Waals surface area contributed by atoms with Gasteiger partial charge in [-0.15, -0.1) is 11.3 Å². The van der Waals surface area contributed by atoms with Crippen LogP contribution in [0.25, 0.3) is 16.7 Å². The largest absolute Gasteiger partial charge is 0.416 e. The molecular weight excluding hydrogens is 415 g/mol. The van der Waals surface area contributed by atoms with Crippen LogP contribution in [0.15, 0.2) is 47.0 Å². The van der Waals surface area contributed by atoms with E-state index in [2.05, 4.69) is 22.0 Å². The van der Waals surface area contributed by atoms with E-state index in [0.29, 0.717) is 0 Å². The highest BCUT2D eigenvalue weighted by atomic mass is 32.1. The topological polar surface area (TPSA) is 65.6 Å². The molecule has 0 saturated heterocycles. The Morgan fingerprint density at radius 3 is 2.83 bits per heavy atom. The molecular formula is C20H18F3N5OS. The van der Waals surface area contributed by atoms with E-state index in [0.717, 1.165) is 42.1 Å². The second kappa shape index (κ2) is 8.02. The molecule has 0 bridgehead atoms. The zero-order valence-corrected chi connectivity index (χ0v) is 16.9. The lowest BCUT2D eigenvalue weighted by Crippen LogP contribution is -2.21. The lowest BCUT2D eigenvalue weighted by molar-refractivity contribution is -0.137. The molecule has 0 spiro atoms. The number of benzene rings is 1. The number of fused-ring (bicyclic) bond motifs is 1. The minimum absolute atomic E-state index is 0.185. The van der Waals surface area contributed by atoms with Crippen LogP contribution in [-0.2, 0) is 19.1 Å². The zero-order valence-electron chi connectivity index (χ0n) is 16.1. The molecule has 0 aliphatic heterocycles. The average molecular weight is 433 g/mol. The van der Waals surface area contributed by atoms with Crippen molar-refractivity contribution in [1.29, 1.82) is 0 Å². The maximum Gasteiger partial charge on any atom is 0.416 e. The Bertz CT molecular complexity index is 1240. The molecule has 0 radical (unpaired) electrons. The van der Waals surface area contributed by atoms with E-state index in [4.69, 9.17) is 0 Å². The maximum absolute atomic E-state index is 13.0. The summed E-state index contributed by atoms with van der Waals surface area (Å²) in [6, 6.07) is 4.75. The van der Waals surface area contributed by atoms with Gasteiger partial charge in [0.25, 0.3) is 5.56 Å². The summed E-state index contributed by atoms with van der Waals surface area (Å²) in [5.41, 5.74) is 0.0578. The molecule has 3 aromatic heterocycles. The number of hydrogen-bond acceptors (Lipinski definition) is 5. The molecule has 4 aromatic rings. The highest BCUT2D eigenvalue weighted by Gasteiger charge is 2.30. The molecule has 0 saturated carbocycles. The van der Waals surface area contributed by atoms with E-state index in [1.54, 1.807) is 11.3 Å². The summed E-state index contributed by atoms with van der Waals surface area (Å²) in [5, 5.41) is 7.29. The molecule has 6 nitrogen and oxygen atoms in total. The Morgan fingerprint density at radius 1 is 1.23 bits per heavy atom. The predicted molar refractivity (Wildman–Crippen MR) is 108 cm³/mol. The van der Waals surface area contributed by atoms with Crippen LogP contribution in [0.2, 0.25) is 0 Å². The van der Waals surface area contributed by atoms with Gasteiger partial charge in [0.2, 0.25) is 0 Å². The lowest BCUT2D eigenvalue weighted by atomic mass is 10.2. The van der Waals surface area contributed by atoms with Crippen LogP contribution in [0.4, 0.5) is 13.2 Å². The van der Waals surface area contributed by atoms with Gasteiger partial charge in [0.1, 0.15) is 11.7 Å². The number of alkyl halides is 3. The Balaban J connectivity index is 1.66. The quantitative estimate of drug-likeness (QED) is 0.451. The molecule has 0 fully saturated rings. The summed E-state index contributed by atoms with van der Waals surface area (Å²) >= 11 is 1.57. The highest BCUT2D eigenvalue weighted by Crippen LogP contribution is 2.30. The Labute approximate surface area is 173 Å². The summed E-state index contributed by atoms with van der Waals surface area (Å²) in [4.78, 5) is 21.7. The first kappa shape index (κ1) is 20.3. The van der Waals surface area contributed by atoms with Crippen molar-refractivity contribution in [2.24, 2.45) is 0 Å². The van der Waals surface area contributed by atoms with Crippen molar-refractivity contribution in [3.63, 3.8) is 0 Å². The number of rotatable bonds is 6. The van der Waals surface area contributed by atoms with Gasteiger partial charge in [-0.2, -0.15) is 18.3 Å². The Morgan fingerprint density at radius 2 is 2.07 bits per heavy atom. The highest BCUT2D eigenvalue weighted by molar-refractivity contribution is 7.09. The van der Waals surface area contributed by atoms with E-state index in [1.165, 1.54) is 33.9 Å². The smallest absolute Gasteiger partial charge is 0.292 e. The molecule has 0 unspecified atom stereocenters. The van der Waals surface area contributed by atoms with E-state index < -0.39 is 11.7 Å². The van der Waals surface area contributed by atoms with E-state index >= 15 is 0 Å². The summed E-state index contributed by atoms with van der Waals surface area (Å²) < 4.78 is 41.7. The predicted octanol–water partition coefficient (Wildman–Crippen LogP) is 4.45. The van der Waals surface area contributed by atoms with Crippen molar-refractivity contribution < 1.29 is 13.2 Å². The molecule has 4 rings (SSSR count). The third kappa shape index (κ3) is 4.00. The first-order valence-electron chi connectivity index (χ1n) is 9.41. The van der Waals surface area contributed by atoms with Crippen LogP contribution in [-0.4, -0.2) is 24.3 Å². The number of unbranched alkanes of at least 4 members (excludes halogenated alkanes) is 1. The minimum Gasteiger partial charge on any atom is -0.292 e. The zero-order chi connectivity index (χ0) is 21.3. The molecule has 0 amide bonds. The molecule has 156 valence electrons.